The number of Topliss-reactive ketones (excluding diaryl/α,β-unsaturated/α-hetero) is 1. The summed E-state index contributed by atoms with van der Waals surface area (Å²) in [6, 6.07) is 10.2. The Bertz CT molecular complexity index is 581. The van der Waals surface area contributed by atoms with Gasteiger partial charge in [-0.3, -0.25) is 4.79 Å². The maximum atomic E-state index is 11.8. The lowest BCUT2D eigenvalue weighted by atomic mass is 10.2. The van der Waals surface area contributed by atoms with Gasteiger partial charge in [-0.05, 0) is 39.0 Å². The van der Waals surface area contributed by atoms with Crippen molar-refractivity contribution in [1.82, 2.24) is 4.57 Å². The molecular weight excluding hydrogens is 242 g/mol. The Hall–Kier alpha value is -1.48. The number of carbonyl (C=O) groups is 1. The highest BCUT2D eigenvalue weighted by atomic mass is 32.1. The Balaban J connectivity index is 2.55. The van der Waals surface area contributed by atoms with Crippen LogP contribution < -0.4 is 0 Å². The minimum atomic E-state index is 0.0739. The van der Waals surface area contributed by atoms with Crippen molar-refractivity contribution in [3.8, 4) is 5.69 Å². The molecule has 0 N–H and O–H groups in total. The van der Waals surface area contributed by atoms with Crippen molar-refractivity contribution in [2.45, 2.75) is 20.8 Å². The van der Waals surface area contributed by atoms with Gasteiger partial charge in [0.2, 0.25) is 0 Å². The molecule has 0 aliphatic heterocycles. The Morgan fingerprint density at radius 3 is 2.33 bits per heavy atom. The van der Waals surface area contributed by atoms with Crippen LogP contribution in [0.25, 0.3) is 5.69 Å². The fourth-order valence-corrected chi connectivity index (χ4v) is 2.39. The second-order valence-electron chi connectivity index (χ2n) is 4.54. The van der Waals surface area contributed by atoms with Gasteiger partial charge in [0.05, 0.1) is 5.75 Å². The molecule has 0 unspecified atom stereocenters. The summed E-state index contributed by atoms with van der Waals surface area (Å²) in [7, 11) is 0. The first-order chi connectivity index (χ1) is 8.54. The van der Waals surface area contributed by atoms with Crippen LogP contribution in [-0.2, 0) is 0 Å². The van der Waals surface area contributed by atoms with Crippen LogP contribution in [0.5, 0.6) is 0 Å². The SMILES string of the molecule is Cc1ccc(-n2c(C)cc(C(=O)CS)c2C)cc1. The van der Waals surface area contributed by atoms with E-state index in [4.69, 9.17) is 0 Å². The molecule has 2 aromatic rings. The lowest BCUT2D eigenvalue weighted by Crippen LogP contribution is -2.04. The molecule has 1 aromatic heterocycles. The summed E-state index contributed by atoms with van der Waals surface area (Å²) in [5.74, 6) is 0.322. The third-order valence-electron chi connectivity index (χ3n) is 3.17. The van der Waals surface area contributed by atoms with Crippen LogP contribution in [0.1, 0.15) is 27.3 Å². The Morgan fingerprint density at radius 2 is 1.78 bits per heavy atom. The van der Waals surface area contributed by atoms with Gasteiger partial charge in [-0.2, -0.15) is 12.6 Å². The smallest absolute Gasteiger partial charge is 0.174 e. The van der Waals surface area contributed by atoms with E-state index in [9.17, 15) is 4.79 Å². The van der Waals surface area contributed by atoms with Crippen LogP contribution in [0.2, 0.25) is 0 Å². The van der Waals surface area contributed by atoms with Crippen molar-refractivity contribution >= 4 is 18.4 Å². The number of carbonyl (C=O) groups excluding carboxylic acids is 1. The summed E-state index contributed by atoms with van der Waals surface area (Å²) in [4.78, 5) is 11.8. The molecule has 0 atom stereocenters. The molecule has 0 fully saturated rings. The first-order valence-corrected chi connectivity index (χ1v) is 6.58. The van der Waals surface area contributed by atoms with E-state index in [0.717, 1.165) is 22.6 Å². The molecule has 0 saturated carbocycles. The van der Waals surface area contributed by atoms with Gasteiger partial charge in [0, 0.05) is 22.6 Å². The van der Waals surface area contributed by atoms with E-state index in [0.29, 0.717) is 0 Å². The van der Waals surface area contributed by atoms with Crippen molar-refractivity contribution in [2.75, 3.05) is 5.75 Å². The highest BCUT2D eigenvalue weighted by Crippen LogP contribution is 2.21. The summed E-state index contributed by atoms with van der Waals surface area (Å²) >= 11 is 4.06. The molecule has 2 rings (SSSR count). The number of hydrogen-bond acceptors (Lipinski definition) is 2. The number of thiol groups is 1. The molecule has 18 heavy (non-hydrogen) atoms. The van der Waals surface area contributed by atoms with Crippen molar-refractivity contribution in [3.05, 3.63) is 52.8 Å². The summed E-state index contributed by atoms with van der Waals surface area (Å²) in [6.45, 7) is 6.06. The molecule has 0 amide bonds. The van der Waals surface area contributed by atoms with Crippen LogP contribution in [0.3, 0.4) is 0 Å². The standard InChI is InChI=1S/C15H17NOS/c1-10-4-6-13(7-5-10)16-11(2)8-14(12(16)3)15(17)9-18/h4-8,18H,9H2,1-3H3. The molecule has 0 aliphatic carbocycles. The van der Waals surface area contributed by atoms with Crippen LogP contribution in [0.4, 0.5) is 0 Å². The fourth-order valence-electron chi connectivity index (χ4n) is 2.22. The molecule has 0 radical (unpaired) electrons. The minimum absolute atomic E-state index is 0.0739. The first kappa shape index (κ1) is 13.0. The topological polar surface area (TPSA) is 22.0 Å². The van der Waals surface area contributed by atoms with Gasteiger partial charge in [-0.15, -0.1) is 0 Å². The van der Waals surface area contributed by atoms with Crippen molar-refractivity contribution in [1.29, 1.82) is 0 Å². The molecule has 0 bridgehead atoms. The quantitative estimate of drug-likeness (QED) is 0.661. The van der Waals surface area contributed by atoms with E-state index in [1.807, 2.05) is 19.9 Å². The van der Waals surface area contributed by atoms with Gasteiger partial charge >= 0.3 is 0 Å². The number of hydrogen-bond donors (Lipinski definition) is 1. The number of ketones is 1. The number of aryl methyl sites for hydroxylation is 2. The molecule has 1 heterocycles. The van der Waals surface area contributed by atoms with Crippen LogP contribution in [-0.4, -0.2) is 16.1 Å². The average molecular weight is 259 g/mol. The number of nitrogens with zero attached hydrogens (tertiary/aromatic N) is 1. The maximum absolute atomic E-state index is 11.8. The summed E-state index contributed by atoms with van der Waals surface area (Å²) in [5.41, 5.74) is 5.14. The van der Waals surface area contributed by atoms with Gasteiger partial charge in [-0.1, -0.05) is 17.7 Å². The molecule has 3 heteroatoms. The monoisotopic (exact) mass is 259 g/mol. The van der Waals surface area contributed by atoms with Crippen molar-refractivity contribution in [3.63, 3.8) is 0 Å². The summed E-state index contributed by atoms with van der Waals surface area (Å²) in [5, 5.41) is 0. The lowest BCUT2D eigenvalue weighted by Gasteiger charge is -2.10. The second-order valence-corrected chi connectivity index (χ2v) is 4.85. The van der Waals surface area contributed by atoms with Gasteiger partial charge in [0.15, 0.2) is 5.78 Å². The highest BCUT2D eigenvalue weighted by molar-refractivity contribution is 7.81. The Labute approximate surface area is 113 Å². The molecular formula is C15H17NOS. The third-order valence-corrected chi connectivity index (χ3v) is 3.45. The van der Waals surface area contributed by atoms with Crippen LogP contribution in [0, 0.1) is 20.8 Å². The fraction of sp³-hybridized carbons (Fsp3) is 0.267. The van der Waals surface area contributed by atoms with Crippen molar-refractivity contribution in [2.24, 2.45) is 0 Å². The minimum Gasteiger partial charge on any atom is -0.318 e. The van der Waals surface area contributed by atoms with Gasteiger partial charge in [0.1, 0.15) is 0 Å². The molecule has 0 spiro atoms. The maximum Gasteiger partial charge on any atom is 0.174 e. The predicted octanol–water partition coefficient (Wildman–Crippen LogP) is 3.52. The van der Waals surface area contributed by atoms with E-state index >= 15 is 0 Å². The third kappa shape index (κ3) is 2.23. The largest absolute Gasteiger partial charge is 0.318 e. The van der Waals surface area contributed by atoms with E-state index in [1.54, 1.807) is 0 Å². The molecule has 0 saturated heterocycles. The van der Waals surface area contributed by atoms with Gasteiger partial charge in [0.25, 0.3) is 0 Å². The summed E-state index contributed by atoms with van der Waals surface area (Å²) in [6.07, 6.45) is 0. The number of rotatable bonds is 3. The molecule has 1 aromatic carbocycles. The van der Waals surface area contributed by atoms with E-state index < -0.39 is 0 Å². The van der Waals surface area contributed by atoms with E-state index in [-0.39, 0.29) is 11.5 Å². The predicted molar refractivity (Wildman–Crippen MR) is 78.2 cm³/mol. The zero-order valence-electron chi connectivity index (χ0n) is 10.9. The Kier molecular flexibility index (Phi) is 3.62. The van der Waals surface area contributed by atoms with Crippen LogP contribution >= 0.6 is 12.6 Å². The van der Waals surface area contributed by atoms with Gasteiger partial charge < -0.3 is 4.57 Å². The number of aromatic nitrogens is 1. The first-order valence-electron chi connectivity index (χ1n) is 5.94. The Morgan fingerprint density at radius 1 is 1.17 bits per heavy atom. The van der Waals surface area contributed by atoms with E-state index in [2.05, 4.69) is 48.4 Å². The summed E-state index contributed by atoms with van der Waals surface area (Å²) < 4.78 is 2.11. The number of benzene rings is 1. The lowest BCUT2D eigenvalue weighted by molar-refractivity contribution is 0.102. The highest BCUT2D eigenvalue weighted by Gasteiger charge is 2.15. The average Bonchev–Trinajstić information content (AvgIpc) is 2.65. The molecule has 2 nitrogen and oxygen atoms in total. The van der Waals surface area contributed by atoms with Gasteiger partial charge in [-0.25, -0.2) is 0 Å². The normalized spacial score (nSPS) is 10.7. The van der Waals surface area contributed by atoms with Crippen molar-refractivity contribution < 1.29 is 4.79 Å². The zero-order valence-corrected chi connectivity index (χ0v) is 11.8. The second kappa shape index (κ2) is 5.02. The molecule has 0 aliphatic rings. The van der Waals surface area contributed by atoms with E-state index in [1.165, 1.54) is 5.56 Å². The zero-order chi connectivity index (χ0) is 13.3. The molecule has 94 valence electrons. The van der Waals surface area contributed by atoms with Crippen LogP contribution in [0.15, 0.2) is 30.3 Å².